The van der Waals surface area contributed by atoms with Gasteiger partial charge in [0.05, 0.1) is 6.61 Å². The van der Waals surface area contributed by atoms with E-state index in [0.29, 0.717) is 5.92 Å². The van der Waals surface area contributed by atoms with Crippen molar-refractivity contribution < 1.29 is 4.74 Å². The predicted octanol–water partition coefficient (Wildman–Crippen LogP) is 4.03. The lowest BCUT2D eigenvalue weighted by molar-refractivity contribution is 0.0907. The SMILES string of the molecule is CCCNCC(COCC1CC1)Cc1cccc(Br)c1. The molecule has 0 saturated heterocycles. The topological polar surface area (TPSA) is 21.3 Å². The second-order valence-corrected chi connectivity index (χ2v) is 6.80. The molecule has 112 valence electrons. The molecule has 0 bridgehead atoms. The lowest BCUT2D eigenvalue weighted by atomic mass is 10.00. The predicted molar refractivity (Wildman–Crippen MR) is 88.0 cm³/mol. The van der Waals surface area contributed by atoms with E-state index in [-0.39, 0.29) is 0 Å². The number of hydrogen-bond donors (Lipinski definition) is 1. The van der Waals surface area contributed by atoms with Gasteiger partial charge in [0.25, 0.3) is 0 Å². The summed E-state index contributed by atoms with van der Waals surface area (Å²) in [6.45, 7) is 6.19. The van der Waals surface area contributed by atoms with Crippen molar-refractivity contribution in [3.63, 3.8) is 0 Å². The maximum Gasteiger partial charge on any atom is 0.0509 e. The molecule has 0 aromatic heterocycles. The highest BCUT2D eigenvalue weighted by molar-refractivity contribution is 9.10. The Balaban J connectivity index is 1.79. The molecule has 1 aromatic rings. The van der Waals surface area contributed by atoms with E-state index >= 15 is 0 Å². The van der Waals surface area contributed by atoms with Crippen molar-refractivity contribution in [1.82, 2.24) is 5.32 Å². The maximum absolute atomic E-state index is 5.90. The summed E-state index contributed by atoms with van der Waals surface area (Å²) >= 11 is 3.55. The standard InChI is InChI=1S/C17H26BrNO/c1-2-8-19-11-16(13-20-12-14-6-7-14)9-15-4-3-5-17(18)10-15/h3-5,10,14,16,19H,2,6-9,11-13H2,1H3. The Kier molecular flexibility index (Phi) is 7.05. The fraction of sp³-hybridized carbons (Fsp3) is 0.647. The smallest absolute Gasteiger partial charge is 0.0509 e. The Morgan fingerprint density at radius 3 is 2.95 bits per heavy atom. The van der Waals surface area contributed by atoms with Crippen LogP contribution in [-0.2, 0) is 11.2 Å². The van der Waals surface area contributed by atoms with E-state index in [1.807, 2.05) is 0 Å². The first kappa shape index (κ1) is 16.0. The van der Waals surface area contributed by atoms with Crippen molar-refractivity contribution in [1.29, 1.82) is 0 Å². The Labute approximate surface area is 131 Å². The van der Waals surface area contributed by atoms with E-state index in [1.165, 1.54) is 24.8 Å². The van der Waals surface area contributed by atoms with Crippen molar-refractivity contribution >= 4 is 15.9 Å². The molecule has 0 aliphatic heterocycles. The molecular formula is C17H26BrNO. The largest absolute Gasteiger partial charge is 0.381 e. The van der Waals surface area contributed by atoms with Gasteiger partial charge in [0.15, 0.2) is 0 Å². The van der Waals surface area contributed by atoms with E-state index in [9.17, 15) is 0 Å². The average Bonchev–Trinajstić information content (AvgIpc) is 3.23. The zero-order chi connectivity index (χ0) is 14.2. The second kappa shape index (κ2) is 8.81. The number of halogens is 1. The molecule has 1 saturated carbocycles. The summed E-state index contributed by atoms with van der Waals surface area (Å²) in [4.78, 5) is 0. The van der Waals surface area contributed by atoms with Crippen LogP contribution in [0.3, 0.4) is 0 Å². The van der Waals surface area contributed by atoms with Gasteiger partial charge < -0.3 is 10.1 Å². The van der Waals surface area contributed by atoms with E-state index in [2.05, 4.69) is 52.4 Å². The van der Waals surface area contributed by atoms with Gasteiger partial charge in [0.2, 0.25) is 0 Å². The zero-order valence-corrected chi connectivity index (χ0v) is 14.0. The Hall–Kier alpha value is -0.380. The molecule has 3 heteroatoms. The van der Waals surface area contributed by atoms with Crippen LogP contribution in [0, 0.1) is 11.8 Å². The minimum absolute atomic E-state index is 0.564. The van der Waals surface area contributed by atoms with Crippen LogP contribution in [-0.4, -0.2) is 26.3 Å². The molecule has 1 atom stereocenters. The van der Waals surface area contributed by atoms with Gasteiger partial charge >= 0.3 is 0 Å². The molecule has 0 heterocycles. The van der Waals surface area contributed by atoms with Gasteiger partial charge in [0.1, 0.15) is 0 Å². The highest BCUT2D eigenvalue weighted by atomic mass is 79.9. The first-order valence-corrected chi connectivity index (χ1v) is 8.60. The van der Waals surface area contributed by atoms with Crippen molar-refractivity contribution in [3.05, 3.63) is 34.3 Å². The molecular weight excluding hydrogens is 314 g/mol. The highest BCUT2D eigenvalue weighted by Crippen LogP contribution is 2.29. The summed E-state index contributed by atoms with van der Waals surface area (Å²) in [5.41, 5.74) is 1.39. The van der Waals surface area contributed by atoms with Crippen LogP contribution < -0.4 is 5.32 Å². The Morgan fingerprint density at radius 1 is 1.40 bits per heavy atom. The average molecular weight is 340 g/mol. The fourth-order valence-corrected chi connectivity index (χ4v) is 2.80. The molecule has 0 spiro atoms. The lowest BCUT2D eigenvalue weighted by Gasteiger charge is -2.18. The summed E-state index contributed by atoms with van der Waals surface area (Å²) in [5.74, 6) is 1.42. The van der Waals surface area contributed by atoms with Gasteiger partial charge in [-0.2, -0.15) is 0 Å². The molecule has 1 fully saturated rings. The highest BCUT2D eigenvalue weighted by Gasteiger charge is 2.21. The third kappa shape index (κ3) is 6.38. The summed E-state index contributed by atoms with van der Waals surface area (Å²) in [6, 6.07) is 8.62. The molecule has 1 aliphatic rings. The van der Waals surface area contributed by atoms with E-state index < -0.39 is 0 Å². The van der Waals surface area contributed by atoms with Gasteiger partial charge in [-0.3, -0.25) is 0 Å². The molecule has 0 amide bonds. The first-order valence-electron chi connectivity index (χ1n) is 7.80. The van der Waals surface area contributed by atoms with Crippen LogP contribution in [0.15, 0.2) is 28.7 Å². The zero-order valence-electron chi connectivity index (χ0n) is 12.4. The summed E-state index contributed by atoms with van der Waals surface area (Å²) < 4.78 is 7.06. The van der Waals surface area contributed by atoms with Gasteiger partial charge in [-0.25, -0.2) is 0 Å². The van der Waals surface area contributed by atoms with Crippen molar-refractivity contribution in [2.45, 2.75) is 32.6 Å². The first-order chi connectivity index (χ1) is 9.78. The fourth-order valence-electron chi connectivity index (χ4n) is 2.36. The van der Waals surface area contributed by atoms with Crippen LogP contribution in [0.25, 0.3) is 0 Å². The molecule has 1 aliphatic carbocycles. The monoisotopic (exact) mass is 339 g/mol. The van der Waals surface area contributed by atoms with Gasteiger partial charge in [-0.15, -0.1) is 0 Å². The van der Waals surface area contributed by atoms with E-state index in [0.717, 1.165) is 43.1 Å². The third-order valence-corrected chi connectivity index (χ3v) is 4.17. The summed E-state index contributed by atoms with van der Waals surface area (Å²) in [6.07, 6.45) is 5.00. The van der Waals surface area contributed by atoms with Crippen LogP contribution in [0.5, 0.6) is 0 Å². The van der Waals surface area contributed by atoms with E-state index in [1.54, 1.807) is 0 Å². The van der Waals surface area contributed by atoms with Gasteiger partial charge in [-0.1, -0.05) is 35.0 Å². The number of hydrogen-bond acceptors (Lipinski definition) is 2. The van der Waals surface area contributed by atoms with Crippen LogP contribution in [0.4, 0.5) is 0 Å². The number of rotatable bonds is 10. The third-order valence-electron chi connectivity index (χ3n) is 3.68. The molecule has 1 aromatic carbocycles. The Morgan fingerprint density at radius 2 is 2.25 bits per heavy atom. The molecule has 1 N–H and O–H groups in total. The second-order valence-electron chi connectivity index (χ2n) is 5.89. The number of ether oxygens (including phenoxy) is 1. The minimum Gasteiger partial charge on any atom is -0.381 e. The minimum atomic E-state index is 0.564. The molecule has 2 rings (SSSR count). The van der Waals surface area contributed by atoms with Crippen molar-refractivity contribution in [2.24, 2.45) is 11.8 Å². The summed E-state index contributed by atoms with van der Waals surface area (Å²) in [5, 5.41) is 3.53. The summed E-state index contributed by atoms with van der Waals surface area (Å²) in [7, 11) is 0. The molecule has 0 radical (unpaired) electrons. The molecule has 20 heavy (non-hydrogen) atoms. The van der Waals surface area contributed by atoms with Crippen LogP contribution >= 0.6 is 15.9 Å². The van der Waals surface area contributed by atoms with Crippen LogP contribution in [0.1, 0.15) is 31.7 Å². The van der Waals surface area contributed by atoms with Crippen molar-refractivity contribution in [2.75, 3.05) is 26.3 Å². The number of nitrogens with one attached hydrogen (secondary N) is 1. The molecule has 2 nitrogen and oxygen atoms in total. The maximum atomic E-state index is 5.90. The Bertz CT molecular complexity index is 392. The van der Waals surface area contributed by atoms with Gasteiger partial charge in [-0.05, 0) is 61.8 Å². The quantitative estimate of drug-likeness (QED) is 0.649. The van der Waals surface area contributed by atoms with Crippen molar-refractivity contribution in [3.8, 4) is 0 Å². The normalized spacial score (nSPS) is 16.3. The molecule has 1 unspecified atom stereocenters. The van der Waals surface area contributed by atoms with Gasteiger partial charge in [0, 0.05) is 17.6 Å². The lowest BCUT2D eigenvalue weighted by Crippen LogP contribution is -2.28. The number of benzene rings is 1. The van der Waals surface area contributed by atoms with Crippen LogP contribution in [0.2, 0.25) is 0 Å². The van der Waals surface area contributed by atoms with E-state index in [4.69, 9.17) is 4.74 Å².